The number of hydrogen-bond acceptors (Lipinski definition) is 7. The maximum atomic E-state index is 13.2. The van der Waals surface area contributed by atoms with E-state index in [1.54, 1.807) is 23.4 Å². The molecule has 1 amide bonds. The summed E-state index contributed by atoms with van der Waals surface area (Å²) in [4.78, 5) is 38.2. The van der Waals surface area contributed by atoms with E-state index in [1.807, 2.05) is 55.5 Å². The molecular weight excluding hydrogens is 444 g/mol. The average Bonchev–Trinajstić information content (AvgIpc) is 2.89. The van der Waals surface area contributed by atoms with Crippen LogP contribution in [0.15, 0.2) is 77.9 Å². The second-order valence-corrected chi connectivity index (χ2v) is 8.37. The summed E-state index contributed by atoms with van der Waals surface area (Å²) < 4.78 is 1.14. The zero-order valence-electron chi connectivity index (χ0n) is 19.2. The molecule has 4 aromatic rings. The number of aromatic hydroxyl groups is 1. The number of aryl methyl sites for hydroxylation is 1. The minimum absolute atomic E-state index is 0.145. The van der Waals surface area contributed by atoms with Gasteiger partial charge in [-0.1, -0.05) is 42.5 Å². The number of nitrogens with zero attached hydrogens (tertiary/aromatic N) is 6. The number of aromatic nitrogens is 4. The number of piperazine rings is 1. The van der Waals surface area contributed by atoms with Crippen LogP contribution >= 0.6 is 0 Å². The van der Waals surface area contributed by atoms with Crippen LogP contribution in [0.1, 0.15) is 16.1 Å². The second-order valence-electron chi connectivity index (χ2n) is 8.37. The van der Waals surface area contributed by atoms with Crippen LogP contribution in [0.3, 0.4) is 0 Å². The quantitative estimate of drug-likeness (QED) is 0.491. The van der Waals surface area contributed by atoms with Gasteiger partial charge < -0.3 is 14.9 Å². The molecule has 0 spiro atoms. The van der Waals surface area contributed by atoms with Crippen LogP contribution in [0.2, 0.25) is 0 Å². The van der Waals surface area contributed by atoms with Gasteiger partial charge in [0.25, 0.3) is 11.5 Å². The molecule has 0 aliphatic carbocycles. The molecule has 2 aromatic heterocycles. The topological polar surface area (TPSA) is 104 Å². The van der Waals surface area contributed by atoms with Crippen molar-refractivity contribution in [3.63, 3.8) is 0 Å². The third kappa shape index (κ3) is 4.61. The van der Waals surface area contributed by atoms with Gasteiger partial charge in [-0.05, 0) is 24.6 Å². The summed E-state index contributed by atoms with van der Waals surface area (Å²) in [6.45, 7) is 3.88. The Morgan fingerprint density at radius 2 is 1.69 bits per heavy atom. The van der Waals surface area contributed by atoms with Crippen molar-refractivity contribution >= 4 is 11.7 Å². The highest BCUT2D eigenvalue weighted by atomic mass is 16.3. The van der Waals surface area contributed by atoms with Crippen LogP contribution in [0.25, 0.3) is 16.9 Å². The number of carbonyl (C=O) groups is 1. The van der Waals surface area contributed by atoms with Gasteiger partial charge in [-0.25, -0.2) is 9.97 Å². The van der Waals surface area contributed by atoms with Crippen molar-refractivity contribution in [2.24, 2.45) is 0 Å². The molecular formula is C26H24N6O3. The normalized spacial score (nSPS) is 13.6. The fourth-order valence-corrected chi connectivity index (χ4v) is 4.12. The van der Waals surface area contributed by atoms with Gasteiger partial charge in [-0.3, -0.25) is 9.59 Å². The highest BCUT2D eigenvalue weighted by molar-refractivity contribution is 5.94. The first kappa shape index (κ1) is 22.3. The Kier molecular flexibility index (Phi) is 5.97. The molecule has 5 rings (SSSR count). The number of benzene rings is 2. The zero-order valence-corrected chi connectivity index (χ0v) is 19.2. The number of amides is 1. The lowest BCUT2D eigenvalue weighted by molar-refractivity contribution is 0.0735. The lowest BCUT2D eigenvalue weighted by Gasteiger charge is -2.35. The van der Waals surface area contributed by atoms with Crippen molar-refractivity contribution in [2.75, 3.05) is 31.1 Å². The number of hydrogen-bond donors (Lipinski definition) is 1. The number of rotatable bonds is 4. The van der Waals surface area contributed by atoms with Gasteiger partial charge in [-0.15, -0.1) is 0 Å². The van der Waals surface area contributed by atoms with Crippen molar-refractivity contribution in [3.8, 4) is 22.7 Å². The van der Waals surface area contributed by atoms with Gasteiger partial charge in [0.2, 0.25) is 0 Å². The Balaban J connectivity index is 1.33. The largest absolute Gasteiger partial charge is 0.505 e. The molecule has 1 saturated heterocycles. The maximum Gasteiger partial charge on any atom is 0.278 e. The third-order valence-corrected chi connectivity index (χ3v) is 5.97. The molecule has 9 heteroatoms. The van der Waals surface area contributed by atoms with Gasteiger partial charge in [0.15, 0.2) is 11.4 Å². The maximum absolute atomic E-state index is 13.2. The van der Waals surface area contributed by atoms with Gasteiger partial charge in [0.05, 0.1) is 11.4 Å². The number of anilines is 1. The van der Waals surface area contributed by atoms with E-state index in [1.165, 1.54) is 0 Å². The fourth-order valence-electron chi connectivity index (χ4n) is 4.12. The van der Waals surface area contributed by atoms with E-state index in [0.717, 1.165) is 33.4 Å². The van der Waals surface area contributed by atoms with Crippen molar-refractivity contribution in [1.82, 2.24) is 24.6 Å². The zero-order chi connectivity index (χ0) is 24.4. The average molecular weight is 469 g/mol. The van der Waals surface area contributed by atoms with Crippen molar-refractivity contribution in [1.29, 1.82) is 0 Å². The first-order chi connectivity index (χ1) is 17.0. The predicted octanol–water partition coefficient (Wildman–Crippen LogP) is 2.67. The van der Waals surface area contributed by atoms with Crippen LogP contribution in [0.4, 0.5) is 5.82 Å². The molecule has 1 aliphatic heterocycles. The second kappa shape index (κ2) is 9.38. The molecule has 3 heterocycles. The van der Waals surface area contributed by atoms with Crippen molar-refractivity contribution < 1.29 is 9.90 Å². The molecule has 1 N–H and O–H groups in total. The molecule has 0 bridgehead atoms. The van der Waals surface area contributed by atoms with Crippen molar-refractivity contribution in [3.05, 3.63) is 94.7 Å². The molecule has 35 heavy (non-hydrogen) atoms. The van der Waals surface area contributed by atoms with Crippen LogP contribution in [-0.2, 0) is 0 Å². The smallest absolute Gasteiger partial charge is 0.278 e. The van der Waals surface area contributed by atoms with E-state index >= 15 is 0 Å². The van der Waals surface area contributed by atoms with Gasteiger partial charge in [0.1, 0.15) is 12.1 Å². The van der Waals surface area contributed by atoms with E-state index < -0.39 is 17.2 Å². The van der Waals surface area contributed by atoms with Gasteiger partial charge in [0, 0.05) is 43.9 Å². The minimum atomic E-state index is -0.507. The lowest BCUT2D eigenvalue weighted by Crippen LogP contribution is -2.49. The third-order valence-electron chi connectivity index (χ3n) is 5.97. The molecule has 0 atom stereocenters. The molecule has 1 fully saturated rings. The Morgan fingerprint density at radius 3 is 2.43 bits per heavy atom. The van der Waals surface area contributed by atoms with Crippen LogP contribution < -0.4 is 10.5 Å². The highest BCUT2D eigenvalue weighted by Gasteiger charge is 2.27. The lowest BCUT2D eigenvalue weighted by atomic mass is 10.1. The molecule has 9 nitrogen and oxygen atoms in total. The van der Waals surface area contributed by atoms with Crippen LogP contribution in [-0.4, -0.2) is 61.8 Å². The summed E-state index contributed by atoms with van der Waals surface area (Å²) >= 11 is 0. The molecule has 0 radical (unpaired) electrons. The highest BCUT2D eigenvalue weighted by Crippen LogP contribution is 2.22. The SMILES string of the molecule is Cc1cccc(-n2nc(C(=O)N3CCN(c4cc(-c5ccccc5)ncn4)CC3)c(O)cc2=O)c1. The molecule has 1 aliphatic rings. The minimum Gasteiger partial charge on any atom is -0.505 e. The van der Waals surface area contributed by atoms with Gasteiger partial charge >= 0.3 is 0 Å². The summed E-state index contributed by atoms with van der Waals surface area (Å²) in [5.74, 6) is -0.0502. The summed E-state index contributed by atoms with van der Waals surface area (Å²) in [6.07, 6.45) is 1.55. The van der Waals surface area contributed by atoms with E-state index in [0.29, 0.717) is 31.9 Å². The first-order valence-electron chi connectivity index (χ1n) is 11.3. The van der Waals surface area contributed by atoms with E-state index in [9.17, 15) is 14.7 Å². The predicted molar refractivity (Wildman–Crippen MR) is 132 cm³/mol. The van der Waals surface area contributed by atoms with Gasteiger partial charge in [-0.2, -0.15) is 9.78 Å². The molecule has 176 valence electrons. The van der Waals surface area contributed by atoms with E-state index in [2.05, 4.69) is 20.0 Å². The Bertz CT molecular complexity index is 1430. The summed E-state index contributed by atoms with van der Waals surface area (Å²) in [5, 5.41) is 14.5. The molecule has 2 aromatic carbocycles. The monoisotopic (exact) mass is 468 g/mol. The standard InChI is InChI=1S/C26H24N6O3/c1-18-6-5-9-20(14-18)32-24(34)16-22(33)25(29-32)26(35)31-12-10-30(11-13-31)23-15-21(27-17-28-23)19-7-3-2-4-8-19/h2-9,14-17,33H,10-13H2,1H3. The summed E-state index contributed by atoms with van der Waals surface area (Å²) in [7, 11) is 0. The van der Waals surface area contributed by atoms with Crippen LogP contribution in [0.5, 0.6) is 5.75 Å². The Hall–Kier alpha value is -4.53. The first-order valence-corrected chi connectivity index (χ1v) is 11.3. The van der Waals surface area contributed by atoms with Crippen LogP contribution in [0, 0.1) is 6.92 Å². The summed E-state index contributed by atoms with van der Waals surface area (Å²) in [6, 6.07) is 20.1. The van der Waals surface area contributed by atoms with E-state index in [-0.39, 0.29) is 5.69 Å². The Labute approximate surface area is 201 Å². The molecule has 0 unspecified atom stereocenters. The fraction of sp³-hybridized carbons (Fsp3) is 0.192. The Morgan fingerprint density at radius 1 is 0.914 bits per heavy atom. The molecule has 0 saturated carbocycles. The number of carbonyl (C=O) groups excluding carboxylic acids is 1. The van der Waals surface area contributed by atoms with E-state index in [4.69, 9.17) is 0 Å². The summed E-state index contributed by atoms with van der Waals surface area (Å²) in [5.41, 5.74) is 2.68. The van der Waals surface area contributed by atoms with Crippen molar-refractivity contribution in [2.45, 2.75) is 6.92 Å².